The van der Waals surface area contributed by atoms with E-state index >= 15 is 0 Å². The molecule has 9 heteroatoms. The Labute approximate surface area is 232 Å². The Bertz CT molecular complexity index is 1460. The number of aryl methyl sites for hydroxylation is 1. The molecule has 2 aliphatic rings. The lowest BCUT2D eigenvalue weighted by Crippen LogP contribution is -2.55. The monoisotopic (exact) mass is 541 g/mol. The van der Waals surface area contributed by atoms with Crippen molar-refractivity contribution in [3.05, 3.63) is 75.9 Å². The summed E-state index contributed by atoms with van der Waals surface area (Å²) in [6.45, 7) is 6.92. The predicted molar refractivity (Wildman–Crippen MR) is 149 cm³/mol. The molecule has 1 N–H and O–H groups in total. The van der Waals surface area contributed by atoms with Gasteiger partial charge in [-0.05, 0) is 48.4 Å². The van der Waals surface area contributed by atoms with Crippen molar-refractivity contribution in [3.8, 4) is 16.5 Å². The van der Waals surface area contributed by atoms with E-state index < -0.39 is 12.1 Å². The van der Waals surface area contributed by atoms with Gasteiger partial charge in [-0.25, -0.2) is 4.98 Å². The molecule has 200 valence electrons. The molecule has 5 rings (SSSR count). The third-order valence-corrected chi connectivity index (χ3v) is 8.55. The Kier molecular flexibility index (Phi) is 7.49. The first-order valence-corrected chi connectivity index (χ1v) is 14.1. The number of carbonyl (C=O) groups excluding carboxylic acids is 3. The van der Waals surface area contributed by atoms with Crippen LogP contribution in [0, 0.1) is 24.2 Å². The quantitative estimate of drug-likeness (QED) is 0.481. The van der Waals surface area contributed by atoms with E-state index in [-0.39, 0.29) is 30.2 Å². The normalized spacial score (nSPS) is 17.3. The van der Waals surface area contributed by atoms with Gasteiger partial charge in [-0.1, -0.05) is 50.2 Å². The van der Waals surface area contributed by atoms with E-state index in [1.165, 1.54) is 0 Å². The van der Waals surface area contributed by atoms with Crippen LogP contribution in [0.4, 0.5) is 0 Å². The standard InChI is InChI=1S/C30H31N5O3S/c1-18(2)26(35-16-23-7-4-6-22(14-31)25(23)29(35)37)30(38)34-13-5-8-24(34)28(36)32-15-20-9-11-21(12-10-20)27-19(3)33-17-39-27/h4,6-7,9-12,17-18,24,26H,5,8,13,15-16H2,1-3H3,(H,32,36). The molecule has 39 heavy (non-hydrogen) atoms. The smallest absolute Gasteiger partial charge is 0.256 e. The minimum absolute atomic E-state index is 0.161. The van der Waals surface area contributed by atoms with Crippen molar-refractivity contribution >= 4 is 29.1 Å². The molecule has 2 atom stereocenters. The van der Waals surface area contributed by atoms with Crippen molar-refractivity contribution in [2.45, 2.75) is 58.8 Å². The molecular formula is C30H31N5O3S. The van der Waals surface area contributed by atoms with E-state index in [2.05, 4.69) is 16.4 Å². The third-order valence-electron chi connectivity index (χ3n) is 7.57. The van der Waals surface area contributed by atoms with E-state index in [1.54, 1.807) is 33.3 Å². The van der Waals surface area contributed by atoms with Crippen molar-refractivity contribution in [3.63, 3.8) is 0 Å². The Morgan fingerprint density at radius 3 is 2.64 bits per heavy atom. The van der Waals surface area contributed by atoms with Crippen LogP contribution in [0.1, 0.15) is 59.4 Å². The summed E-state index contributed by atoms with van der Waals surface area (Å²) in [6, 6.07) is 14.1. The molecule has 0 aliphatic carbocycles. The Morgan fingerprint density at radius 1 is 1.21 bits per heavy atom. The van der Waals surface area contributed by atoms with E-state index in [1.807, 2.05) is 56.6 Å². The summed E-state index contributed by atoms with van der Waals surface area (Å²) < 4.78 is 0. The molecule has 8 nitrogen and oxygen atoms in total. The number of benzene rings is 2. The molecule has 0 radical (unpaired) electrons. The molecular weight excluding hydrogens is 510 g/mol. The molecule has 3 heterocycles. The lowest BCUT2D eigenvalue weighted by atomic mass is 10.00. The fourth-order valence-electron chi connectivity index (χ4n) is 5.61. The number of fused-ring (bicyclic) bond motifs is 1. The number of rotatable bonds is 7. The van der Waals surface area contributed by atoms with Gasteiger partial charge in [-0.2, -0.15) is 5.26 Å². The van der Waals surface area contributed by atoms with Gasteiger partial charge in [0.15, 0.2) is 0 Å². The van der Waals surface area contributed by atoms with Crippen LogP contribution in [0.5, 0.6) is 0 Å². The van der Waals surface area contributed by atoms with Gasteiger partial charge in [-0.15, -0.1) is 11.3 Å². The molecule has 1 aromatic heterocycles. The lowest BCUT2D eigenvalue weighted by Gasteiger charge is -2.35. The van der Waals surface area contributed by atoms with Gasteiger partial charge < -0.3 is 15.1 Å². The summed E-state index contributed by atoms with van der Waals surface area (Å²) in [5.74, 6) is -0.863. The van der Waals surface area contributed by atoms with Crippen molar-refractivity contribution in [2.75, 3.05) is 6.54 Å². The zero-order chi connectivity index (χ0) is 27.7. The molecule has 3 aromatic rings. The average molecular weight is 542 g/mol. The summed E-state index contributed by atoms with van der Waals surface area (Å²) in [7, 11) is 0. The first-order chi connectivity index (χ1) is 18.8. The highest BCUT2D eigenvalue weighted by Crippen LogP contribution is 2.32. The fraction of sp³-hybridized carbons (Fsp3) is 0.367. The van der Waals surface area contributed by atoms with Gasteiger partial charge in [0.2, 0.25) is 11.8 Å². The fourth-order valence-corrected chi connectivity index (χ4v) is 6.42. The van der Waals surface area contributed by atoms with Crippen molar-refractivity contribution in [1.82, 2.24) is 20.1 Å². The molecule has 2 aliphatic heterocycles. The number of hydrogen-bond donors (Lipinski definition) is 1. The Hall–Kier alpha value is -4.03. The minimum Gasteiger partial charge on any atom is -0.350 e. The molecule has 0 spiro atoms. The van der Waals surface area contributed by atoms with E-state index in [4.69, 9.17) is 0 Å². The van der Waals surface area contributed by atoms with Gasteiger partial charge in [-0.3, -0.25) is 14.4 Å². The molecule has 3 amide bonds. The summed E-state index contributed by atoms with van der Waals surface area (Å²) in [4.78, 5) is 49.1. The number of amides is 3. The summed E-state index contributed by atoms with van der Waals surface area (Å²) >= 11 is 1.60. The highest BCUT2D eigenvalue weighted by atomic mass is 32.1. The first kappa shape index (κ1) is 26.6. The zero-order valence-electron chi connectivity index (χ0n) is 22.3. The highest BCUT2D eigenvalue weighted by molar-refractivity contribution is 7.13. The number of carbonyl (C=O) groups is 3. The van der Waals surface area contributed by atoms with Crippen molar-refractivity contribution in [2.24, 2.45) is 5.92 Å². The first-order valence-electron chi connectivity index (χ1n) is 13.2. The number of hydrogen-bond acceptors (Lipinski definition) is 6. The lowest BCUT2D eigenvalue weighted by molar-refractivity contribution is -0.143. The molecule has 2 unspecified atom stereocenters. The predicted octanol–water partition coefficient (Wildman–Crippen LogP) is 4.28. The van der Waals surface area contributed by atoms with E-state index in [0.717, 1.165) is 33.7 Å². The second-order valence-corrected chi connectivity index (χ2v) is 11.3. The van der Waals surface area contributed by atoms with Crippen LogP contribution in [0.2, 0.25) is 0 Å². The largest absolute Gasteiger partial charge is 0.350 e. The van der Waals surface area contributed by atoms with Crippen molar-refractivity contribution < 1.29 is 14.4 Å². The summed E-state index contributed by atoms with van der Waals surface area (Å²) in [5.41, 5.74) is 6.35. The van der Waals surface area contributed by atoms with E-state index in [9.17, 15) is 19.6 Å². The molecule has 0 bridgehead atoms. The zero-order valence-corrected chi connectivity index (χ0v) is 23.1. The van der Waals surface area contributed by atoms with Crippen LogP contribution in [0.25, 0.3) is 10.4 Å². The molecule has 2 aromatic carbocycles. The summed E-state index contributed by atoms with van der Waals surface area (Å²) in [5, 5.41) is 12.5. The number of nitrogens with zero attached hydrogens (tertiary/aromatic N) is 4. The molecule has 1 fully saturated rings. The van der Waals surface area contributed by atoms with Crippen LogP contribution in [-0.2, 0) is 22.7 Å². The molecule has 1 saturated heterocycles. The van der Waals surface area contributed by atoms with Crippen LogP contribution in [-0.4, -0.2) is 51.1 Å². The second-order valence-electron chi connectivity index (χ2n) is 10.4. The van der Waals surface area contributed by atoms with Gasteiger partial charge in [0.1, 0.15) is 12.1 Å². The minimum atomic E-state index is -0.715. The topological polar surface area (TPSA) is 106 Å². The third kappa shape index (κ3) is 5.04. The van der Waals surface area contributed by atoms with Gasteiger partial charge >= 0.3 is 0 Å². The average Bonchev–Trinajstić information content (AvgIpc) is 3.67. The number of nitriles is 1. The second kappa shape index (κ2) is 11.0. The maximum atomic E-state index is 13.9. The van der Waals surface area contributed by atoms with Gasteiger partial charge in [0.05, 0.1) is 33.3 Å². The number of likely N-dealkylation sites (tertiary alicyclic amines) is 1. The number of nitrogens with one attached hydrogen (secondary N) is 1. The number of aromatic nitrogens is 1. The van der Waals surface area contributed by atoms with Crippen molar-refractivity contribution in [1.29, 1.82) is 5.26 Å². The molecule has 0 saturated carbocycles. The Balaban J connectivity index is 1.27. The maximum Gasteiger partial charge on any atom is 0.256 e. The Morgan fingerprint density at radius 2 is 1.97 bits per heavy atom. The van der Waals surface area contributed by atoms with Gasteiger partial charge in [0.25, 0.3) is 5.91 Å². The van der Waals surface area contributed by atoms with Crippen LogP contribution in [0.15, 0.2) is 48.0 Å². The maximum absolute atomic E-state index is 13.9. The van der Waals surface area contributed by atoms with Crippen LogP contribution >= 0.6 is 11.3 Å². The summed E-state index contributed by atoms with van der Waals surface area (Å²) in [6.07, 6.45) is 1.31. The van der Waals surface area contributed by atoms with Gasteiger partial charge in [0, 0.05) is 19.6 Å². The van der Waals surface area contributed by atoms with Crippen LogP contribution < -0.4 is 5.32 Å². The SMILES string of the molecule is Cc1ncsc1-c1ccc(CNC(=O)C2CCCN2C(=O)C(C(C)C)N2Cc3cccc(C#N)c3C2=O)cc1. The van der Waals surface area contributed by atoms with E-state index in [0.29, 0.717) is 30.6 Å². The van der Waals surface area contributed by atoms with Crippen LogP contribution in [0.3, 0.4) is 0 Å². The number of thiazole rings is 1. The highest BCUT2D eigenvalue weighted by Gasteiger charge is 2.44.